The number of benzene rings is 3. The van der Waals surface area contributed by atoms with Crippen LogP contribution in [0.3, 0.4) is 0 Å². The predicted molar refractivity (Wildman–Crippen MR) is 99.2 cm³/mol. The molecule has 25 heavy (non-hydrogen) atoms. The van der Waals surface area contributed by atoms with Crippen molar-refractivity contribution in [3.05, 3.63) is 96.0 Å². The van der Waals surface area contributed by atoms with Crippen LogP contribution in [-0.4, -0.2) is 9.55 Å². The molecule has 0 N–H and O–H groups in total. The number of imidazole rings is 1. The first-order valence-corrected chi connectivity index (χ1v) is 8.02. The monoisotopic (exact) mass is 323 g/mol. The lowest BCUT2D eigenvalue weighted by Crippen LogP contribution is -1.96. The number of hydrogen-bond acceptors (Lipinski definition) is 2. The summed E-state index contributed by atoms with van der Waals surface area (Å²) in [7, 11) is 0. The van der Waals surface area contributed by atoms with Gasteiger partial charge in [-0.1, -0.05) is 78.9 Å². The van der Waals surface area contributed by atoms with E-state index in [0.717, 1.165) is 28.2 Å². The number of para-hydroxylation sites is 1. The highest BCUT2D eigenvalue weighted by Gasteiger charge is 2.30. The number of rotatable bonds is 3. The Bertz CT molecular complexity index is 1030. The molecule has 0 spiro atoms. The molecule has 0 amide bonds. The summed E-state index contributed by atoms with van der Waals surface area (Å²) in [5, 5.41) is 9.55. The quantitative estimate of drug-likeness (QED) is 0.455. The van der Waals surface area contributed by atoms with Crippen LogP contribution in [0, 0.1) is 5.39 Å². The summed E-state index contributed by atoms with van der Waals surface area (Å²) in [6, 6.07) is 29.7. The molecule has 4 nitrogen and oxygen atoms in total. The molecule has 4 aromatic rings. The van der Waals surface area contributed by atoms with Gasteiger partial charge in [-0.25, -0.2) is 0 Å². The Kier molecular flexibility index (Phi) is 3.82. The van der Waals surface area contributed by atoms with Crippen molar-refractivity contribution in [2.24, 2.45) is 0 Å². The third-order valence-electron chi connectivity index (χ3n) is 4.06. The van der Waals surface area contributed by atoms with Crippen molar-refractivity contribution >= 4 is 5.95 Å². The summed E-state index contributed by atoms with van der Waals surface area (Å²) >= 11 is 0. The smallest absolute Gasteiger partial charge is 0.174 e. The molecule has 4 rings (SSSR count). The fourth-order valence-corrected chi connectivity index (χ4v) is 2.96. The van der Waals surface area contributed by atoms with Crippen molar-refractivity contribution < 1.29 is 0 Å². The van der Waals surface area contributed by atoms with Gasteiger partial charge in [0.05, 0.1) is 5.39 Å². The second-order valence-electron chi connectivity index (χ2n) is 5.61. The molecule has 0 aliphatic carbocycles. The minimum atomic E-state index is 0.254. The number of hydrogen-bond donors (Lipinski definition) is 0. The number of nitrogens with zero attached hydrogens (tertiary/aromatic N) is 4. The van der Waals surface area contributed by atoms with Crippen LogP contribution in [0.15, 0.2) is 91.0 Å². The molecule has 0 radical (unpaired) electrons. The Labute approximate surface area is 145 Å². The van der Waals surface area contributed by atoms with Crippen molar-refractivity contribution in [1.82, 2.24) is 9.55 Å². The molecule has 1 heterocycles. The highest BCUT2D eigenvalue weighted by atomic mass is 15.2. The molecule has 4 heteroatoms. The SMILES string of the molecule is N#[N+]c1nc(-c2ccccc2)c(-c2ccccc2)n1-c1ccccc1. The Morgan fingerprint density at radius 1 is 0.680 bits per heavy atom. The highest BCUT2D eigenvalue weighted by molar-refractivity contribution is 5.82. The van der Waals surface area contributed by atoms with Crippen LogP contribution in [0.1, 0.15) is 0 Å². The Morgan fingerprint density at radius 2 is 1.20 bits per heavy atom. The molecular weight excluding hydrogens is 308 g/mol. The molecule has 0 bridgehead atoms. The molecule has 0 aliphatic heterocycles. The summed E-state index contributed by atoms with van der Waals surface area (Å²) in [5.74, 6) is 0.254. The molecule has 1 aromatic heterocycles. The van der Waals surface area contributed by atoms with Gasteiger partial charge < -0.3 is 0 Å². The predicted octanol–water partition coefficient (Wildman–Crippen LogP) is 5.69. The Hall–Kier alpha value is -3.71. The second-order valence-corrected chi connectivity index (χ2v) is 5.61. The number of aromatic nitrogens is 2. The maximum Gasteiger partial charge on any atom is 0.534 e. The normalized spacial score (nSPS) is 10.4. The van der Waals surface area contributed by atoms with Crippen LogP contribution in [0.5, 0.6) is 0 Å². The largest absolute Gasteiger partial charge is 0.534 e. The Balaban J connectivity index is 2.07. The summed E-state index contributed by atoms with van der Waals surface area (Å²) in [4.78, 5) is 8.03. The van der Waals surface area contributed by atoms with Gasteiger partial charge in [-0.15, -0.1) is 0 Å². The van der Waals surface area contributed by atoms with Crippen molar-refractivity contribution in [3.8, 4) is 28.2 Å². The van der Waals surface area contributed by atoms with E-state index in [4.69, 9.17) is 0 Å². The minimum Gasteiger partial charge on any atom is -0.174 e. The van der Waals surface area contributed by atoms with Crippen LogP contribution in [0.2, 0.25) is 0 Å². The fourth-order valence-electron chi connectivity index (χ4n) is 2.96. The van der Waals surface area contributed by atoms with Gasteiger partial charge in [-0.3, -0.25) is 0 Å². The summed E-state index contributed by atoms with van der Waals surface area (Å²) < 4.78 is 1.87. The van der Waals surface area contributed by atoms with E-state index >= 15 is 0 Å². The molecule has 0 atom stereocenters. The lowest BCUT2D eigenvalue weighted by molar-refractivity contribution is 1.08. The van der Waals surface area contributed by atoms with Crippen molar-refractivity contribution in [2.75, 3.05) is 0 Å². The Morgan fingerprint density at radius 3 is 1.76 bits per heavy atom. The third kappa shape index (κ3) is 2.68. The van der Waals surface area contributed by atoms with Crippen LogP contribution >= 0.6 is 0 Å². The lowest BCUT2D eigenvalue weighted by Gasteiger charge is -2.05. The van der Waals surface area contributed by atoms with E-state index in [1.165, 1.54) is 0 Å². The summed E-state index contributed by atoms with van der Waals surface area (Å²) in [5.41, 5.74) is 4.55. The zero-order valence-electron chi connectivity index (χ0n) is 13.4. The van der Waals surface area contributed by atoms with E-state index in [1.807, 2.05) is 95.6 Å². The zero-order valence-corrected chi connectivity index (χ0v) is 13.4. The van der Waals surface area contributed by atoms with E-state index in [0.29, 0.717) is 0 Å². The summed E-state index contributed by atoms with van der Waals surface area (Å²) in [6.07, 6.45) is 0. The van der Waals surface area contributed by atoms with Gasteiger partial charge in [-0.2, -0.15) is 4.57 Å². The first-order chi connectivity index (χ1) is 12.4. The average Bonchev–Trinajstić information content (AvgIpc) is 3.10. The first kappa shape index (κ1) is 14.9. The van der Waals surface area contributed by atoms with Gasteiger partial charge in [0.25, 0.3) is 0 Å². The van der Waals surface area contributed by atoms with Crippen LogP contribution in [0.4, 0.5) is 5.95 Å². The van der Waals surface area contributed by atoms with E-state index < -0.39 is 0 Å². The maximum atomic E-state index is 9.55. The molecule has 118 valence electrons. The van der Waals surface area contributed by atoms with E-state index in [2.05, 4.69) is 9.96 Å². The molecule has 0 fully saturated rings. The lowest BCUT2D eigenvalue weighted by atomic mass is 10.0. The van der Waals surface area contributed by atoms with Gasteiger partial charge >= 0.3 is 5.95 Å². The first-order valence-electron chi connectivity index (χ1n) is 8.02. The average molecular weight is 323 g/mol. The van der Waals surface area contributed by atoms with Gasteiger partial charge in [0.1, 0.15) is 5.69 Å². The van der Waals surface area contributed by atoms with Gasteiger partial charge in [-0.05, 0) is 22.1 Å². The molecule has 0 unspecified atom stereocenters. The van der Waals surface area contributed by atoms with Crippen LogP contribution in [0.25, 0.3) is 33.2 Å². The van der Waals surface area contributed by atoms with Crippen LogP contribution in [-0.2, 0) is 0 Å². The van der Waals surface area contributed by atoms with E-state index in [9.17, 15) is 5.39 Å². The summed E-state index contributed by atoms with van der Waals surface area (Å²) in [6.45, 7) is 0. The second kappa shape index (κ2) is 6.42. The molecule has 0 saturated heterocycles. The highest BCUT2D eigenvalue weighted by Crippen LogP contribution is 2.37. The van der Waals surface area contributed by atoms with Gasteiger partial charge in [0.2, 0.25) is 0 Å². The number of diazo groups is 1. The minimum absolute atomic E-state index is 0.254. The van der Waals surface area contributed by atoms with Crippen molar-refractivity contribution in [2.45, 2.75) is 0 Å². The molecule has 0 saturated carbocycles. The molecule has 3 aromatic carbocycles. The zero-order chi connectivity index (χ0) is 17.1. The van der Waals surface area contributed by atoms with Crippen LogP contribution < -0.4 is 0 Å². The molecular formula is C21H15N4+. The van der Waals surface area contributed by atoms with Gasteiger partial charge in [0.15, 0.2) is 11.4 Å². The van der Waals surface area contributed by atoms with Gasteiger partial charge in [0, 0.05) is 11.1 Å². The van der Waals surface area contributed by atoms with E-state index in [1.54, 1.807) is 0 Å². The molecule has 0 aliphatic rings. The standard InChI is InChI=1S/C21H15N4/c22-24-21-23-19(16-10-4-1-5-11-16)20(17-12-6-2-7-13-17)25(21)18-14-8-3-9-15-18/h1-15H/q+1. The maximum absolute atomic E-state index is 9.55. The van der Waals surface area contributed by atoms with Crippen molar-refractivity contribution in [3.63, 3.8) is 0 Å². The fraction of sp³-hybridized carbons (Fsp3) is 0. The van der Waals surface area contributed by atoms with E-state index in [-0.39, 0.29) is 5.95 Å². The topological polar surface area (TPSA) is 46.0 Å². The third-order valence-corrected chi connectivity index (χ3v) is 4.06. The van der Waals surface area contributed by atoms with Crippen molar-refractivity contribution in [1.29, 1.82) is 5.39 Å².